The van der Waals surface area contributed by atoms with E-state index in [0.29, 0.717) is 24.5 Å². The van der Waals surface area contributed by atoms with Crippen molar-refractivity contribution < 1.29 is 9.18 Å². The summed E-state index contributed by atoms with van der Waals surface area (Å²) in [6.07, 6.45) is 5.61. The van der Waals surface area contributed by atoms with E-state index in [2.05, 4.69) is 20.6 Å². The molecular weight excluding hydrogens is 416 g/mol. The monoisotopic (exact) mass is 439 g/mol. The average molecular weight is 440 g/mol. The van der Waals surface area contributed by atoms with Crippen LogP contribution in [0.2, 0.25) is 10.0 Å². The smallest absolute Gasteiger partial charge is 0.252 e. The molecule has 3 rings (SSSR count). The zero-order valence-corrected chi connectivity index (χ0v) is 17.9. The summed E-state index contributed by atoms with van der Waals surface area (Å²) in [5.74, 6) is 0.804. The summed E-state index contributed by atoms with van der Waals surface area (Å²) in [5, 5.41) is 6.30. The summed E-state index contributed by atoms with van der Waals surface area (Å²) in [4.78, 5) is 23.0. The van der Waals surface area contributed by atoms with Crippen LogP contribution in [0.15, 0.2) is 24.4 Å². The Morgan fingerprint density at radius 1 is 1.21 bits per heavy atom. The van der Waals surface area contributed by atoms with Crippen molar-refractivity contribution in [2.45, 2.75) is 31.7 Å². The topological polar surface area (TPSA) is 70.2 Å². The molecule has 1 heterocycles. The van der Waals surface area contributed by atoms with Crippen molar-refractivity contribution in [3.63, 3.8) is 0 Å². The van der Waals surface area contributed by atoms with Gasteiger partial charge in [0.1, 0.15) is 11.6 Å². The first-order valence-electron chi connectivity index (χ1n) is 9.53. The van der Waals surface area contributed by atoms with Crippen molar-refractivity contribution in [2.75, 3.05) is 30.9 Å². The SMILES string of the molecule is CN(C)c1ccnc(NC2CCC(CNC(=O)c3cc(F)c(Cl)cc3Cl)CC2)n1. The summed E-state index contributed by atoms with van der Waals surface area (Å²) < 4.78 is 13.6. The molecule has 0 unspecified atom stereocenters. The summed E-state index contributed by atoms with van der Waals surface area (Å²) in [6.45, 7) is 0.527. The summed E-state index contributed by atoms with van der Waals surface area (Å²) in [5.41, 5.74) is 0.0989. The first kappa shape index (κ1) is 21.6. The largest absolute Gasteiger partial charge is 0.363 e. The Labute approximate surface area is 179 Å². The van der Waals surface area contributed by atoms with E-state index in [1.165, 1.54) is 6.07 Å². The summed E-state index contributed by atoms with van der Waals surface area (Å²) >= 11 is 11.7. The molecule has 1 aliphatic rings. The summed E-state index contributed by atoms with van der Waals surface area (Å²) in [6, 6.07) is 4.49. The molecule has 1 amide bonds. The first-order valence-corrected chi connectivity index (χ1v) is 10.3. The first-order chi connectivity index (χ1) is 13.8. The van der Waals surface area contributed by atoms with Crippen molar-refractivity contribution in [1.82, 2.24) is 15.3 Å². The Kier molecular flexibility index (Phi) is 7.14. The predicted molar refractivity (Wildman–Crippen MR) is 114 cm³/mol. The molecule has 0 radical (unpaired) electrons. The van der Waals surface area contributed by atoms with E-state index in [1.807, 2.05) is 25.1 Å². The van der Waals surface area contributed by atoms with Gasteiger partial charge in [-0.25, -0.2) is 9.37 Å². The van der Waals surface area contributed by atoms with Crippen LogP contribution in [-0.2, 0) is 0 Å². The zero-order chi connectivity index (χ0) is 21.0. The Morgan fingerprint density at radius 3 is 2.62 bits per heavy atom. The van der Waals surface area contributed by atoms with Gasteiger partial charge in [0.2, 0.25) is 5.95 Å². The van der Waals surface area contributed by atoms with Crippen molar-refractivity contribution in [2.24, 2.45) is 5.92 Å². The fourth-order valence-corrected chi connectivity index (χ4v) is 3.86. The molecule has 0 aliphatic heterocycles. The van der Waals surface area contributed by atoms with Gasteiger partial charge in [-0.2, -0.15) is 4.98 Å². The highest BCUT2D eigenvalue weighted by Gasteiger charge is 2.23. The highest BCUT2D eigenvalue weighted by Crippen LogP contribution is 2.27. The molecule has 6 nitrogen and oxygen atoms in total. The minimum absolute atomic E-state index is 0.0989. The Morgan fingerprint density at radius 2 is 1.93 bits per heavy atom. The third-order valence-electron chi connectivity index (χ3n) is 5.08. The maximum absolute atomic E-state index is 13.6. The fraction of sp³-hybridized carbons (Fsp3) is 0.450. The van der Waals surface area contributed by atoms with E-state index >= 15 is 0 Å². The number of carbonyl (C=O) groups excluding carboxylic acids is 1. The van der Waals surface area contributed by atoms with Crippen LogP contribution in [0.25, 0.3) is 0 Å². The second kappa shape index (κ2) is 9.59. The maximum atomic E-state index is 13.6. The second-order valence-electron chi connectivity index (χ2n) is 7.45. The van der Waals surface area contributed by atoms with Crippen LogP contribution in [0.4, 0.5) is 16.2 Å². The van der Waals surface area contributed by atoms with Gasteiger partial charge in [-0.05, 0) is 49.8 Å². The number of carbonyl (C=O) groups is 1. The molecule has 2 N–H and O–H groups in total. The summed E-state index contributed by atoms with van der Waals surface area (Å²) in [7, 11) is 3.88. The number of amides is 1. The van der Waals surface area contributed by atoms with E-state index in [0.717, 1.165) is 37.6 Å². The molecule has 156 valence electrons. The lowest BCUT2D eigenvalue weighted by atomic mass is 9.86. The predicted octanol–water partition coefficient (Wildman–Crippen LogP) is 4.39. The van der Waals surface area contributed by atoms with Crippen LogP contribution in [0, 0.1) is 11.7 Å². The van der Waals surface area contributed by atoms with Gasteiger partial charge in [0, 0.05) is 32.9 Å². The van der Waals surface area contributed by atoms with E-state index < -0.39 is 5.82 Å². The number of aromatic nitrogens is 2. The number of nitrogens with zero attached hydrogens (tertiary/aromatic N) is 3. The van der Waals surface area contributed by atoms with Crippen LogP contribution in [0.3, 0.4) is 0 Å². The molecule has 1 aromatic heterocycles. The number of hydrogen-bond donors (Lipinski definition) is 2. The Balaban J connectivity index is 1.47. The molecule has 0 atom stereocenters. The van der Waals surface area contributed by atoms with E-state index in [-0.39, 0.29) is 21.5 Å². The minimum atomic E-state index is -0.659. The number of anilines is 2. The molecule has 1 aromatic carbocycles. The lowest BCUT2D eigenvalue weighted by Crippen LogP contribution is -2.34. The van der Waals surface area contributed by atoms with Gasteiger partial charge < -0.3 is 15.5 Å². The fourth-order valence-electron chi connectivity index (χ4n) is 3.39. The Hall–Kier alpha value is -2.12. The third kappa shape index (κ3) is 5.70. The van der Waals surface area contributed by atoms with Gasteiger partial charge in [-0.1, -0.05) is 23.2 Å². The minimum Gasteiger partial charge on any atom is -0.363 e. The van der Waals surface area contributed by atoms with Crippen molar-refractivity contribution in [3.8, 4) is 0 Å². The Bertz CT molecular complexity index is 872. The van der Waals surface area contributed by atoms with Crippen LogP contribution in [0.5, 0.6) is 0 Å². The second-order valence-corrected chi connectivity index (χ2v) is 8.27. The standard InChI is InChI=1S/C20H24Cl2FN5O/c1-28(2)18-7-8-24-20(27-18)26-13-5-3-12(4-6-13)11-25-19(29)14-9-17(23)16(22)10-15(14)21/h7-10,12-13H,3-6,11H2,1-2H3,(H,25,29)(H,24,26,27). The third-order valence-corrected chi connectivity index (χ3v) is 5.69. The number of halogens is 3. The molecule has 9 heteroatoms. The van der Waals surface area contributed by atoms with E-state index in [9.17, 15) is 9.18 Å². The highest BCUT2D eigenvalue weighted by molar-refractivity contribution is 6.36. The number of benzene rings is 1. The van der Waals surface area contributed by atoms with Gasteiger partial charge in [-0.15, -0.1) is 0 Å². The molecular formula is C20H24Cl2FN5O. The van der Waals surface area contributed by atoms with Crippen LogP contribution in [0.1, 0.15) is 36.0 Å². The molecule has 1 aliphatic carbocycles. The number of rotatable bonds is 6. The normalized spacial score (nSPS) is 18.9. The lowest BCUT2D eigenvalue weighted by Gasteiger charge is -2.29. The molecule has 0 spiro atoms. The maximum Gasteiger partial charge on any atom is 0.252 e. The number of hydrogen-bond acceptors (Lipinski definition) is 5. The van der Waals surface area contributed by atoms with E-state index in [1.54, 1.807) is 6.20 Å². The molecule has 2 aromatic rings. The van der Waals surface area contributed by atoms with Gasteiger partial charge in [-0.3, -0.25) is 4.79 Å². The average Bonchev–Trinajstić information content (AvgIpc) is 2.70. The highest BCUT2D eigenvalue weighted by atomic mass is 35.5. The number of nitrogens with one attached hydrogen (secondary N) is 2. The quantitative estimate of drug-likeness (QED) is 0.653. The van der Waals surface area contributed by atoms with Gasteiger partial charge >= 0.3 is 0 Å². The van der Waals surface area contributed by atoms with Crippen LogP contribution < -0.4 is 15.5 Å². The molecule has 1 fully saturated rings. The van der Waals surface area contributed by atoms with Gasteiger partial charge in [0.15, 0.2) is 0 Å². The molecule has 1 saturated carbocycles. The van der Waals surface area contributed by atoms with E-state index in [4.69, 9.17) is 23.2 Å². The zero-order valence-electron chi connectivity index (χ0n) is 16.4. The molecule has 29 heavy (non-hydrogen) atoms. The van der Waals surface area contributed by atoms with Crippen molar-refractivity contribution in [3.05, 3.63) is 45.8 Å². The molecule has 0 bridgehead atoms. The lowest BCUT2D eigenvalue weighted by molar-refractivity contribution is 0.0943. The molecule has 0 saturated heterocycles. The van der Waals surface area contributed by atoms with Crippen molar-refractivity contribution in [1.29, 1.82) is 0 Å². The van der Waals surface area contributed by atoms with Crippen molar-refractivity contribution >= 4 is 40.9 Å². The van der Waals surface area contributed by atoms with Gasteiger partial charge in [0.25, 0.3) is 5.91 Å². The van der Waals surface area contributed by atoms with Gasteiger partial charge in [0.05, 0.1) is 15.6 Å². The van der Waals surface area contributed by atoms with Crippen LogP contribution in [-0.4, -0.2) is 42.6 Å². The van der Waals surface area contributed by atoms with Crippen LogP contribution >= 0.6 is 23.2 Å².